The highest BCUT2D eigenvalue weighted by Gasteiger charge is 2.65. The topological polar surface area (TPSA) is 44.8 Å². The standard InChI is InChI=1S/C19H32O4/c1-5-21-16(20)13-17(3)14(2)8-10-18(4)15(17)7-6-9-19(18)22-11-12-23-19/h14-15H,5-13H2,1-4H3/t14-,15+,17-,18+/m0/s1. The highest BCUT2D eigenvalue weighted by atomic mass is 16.7. The Bertz CT molecular complexity index is 456. The van der Waals surface area contributed by atoms with E-state index in [4.69, 9.17) is 14.2 Å². The number of carbonyl (C=O) groups excluding carboxylic acids is 1. The zero-order valence-electron chi connectivity index (χ0n) is 15.2. The van der Waals surface area contributed by atoms with E-state index in [1.54, 1.807) is 0 Å². The first-order valence-corrected chi connectivity index (χ1v) is 9.31. The minimum absolute atomic E-state index is 0.00446. The normalized spacial score (nSPS) is 42.4. The van der Waals surface area contributed by atoms with E-state index in [1.807, 2.05) is 6.92 Å². The summed E-state index contributed by atoms with van der Waals surface area (Å²) in [6.45, 7) is 10.7. The van der Waals surface area contributed by atoms with Crippen LogP contribution in [0, 0.1) is 22.7 Å². The molecule has 4 heteroatoms. The Labute approximate surface area is 140 Å². The first-order valence-electron chi connectivity index (χ1n) is 9.31. The van der Waals surface area contributed by atoms with Gasteiger partial charge in [0.1, 0.15) is 0 Å². The lowest BCUT2D eigenvalue weighted by Crippen LogP contribution is -2.62. The molecule has 0 aromatic carbocycles. The third-order valence-electron chi connectivity index (χ3n) is 7.24. The van der Waals surface area contributed by atoms with Crippen LogP contribution in [-0.4, -0.2) is 31.6 Å². The summed E-state index contributed by atoms with van der Waals surface area (Å²) >= 11 is 0. The van der Waals surface area contributed by atoms with Crippen LogP contribution in [0.15, 0.2) is 0 Å². The lowest BCUT2D eigenvalue weighted by Gasteiger charge is -2.62. The monoisotopic (exact) mass is 324 g/mol. The van der Waals surface area contributed by atoms with E-state index < -0.39 is 5.79 Å². The van der Waals surface area contributed by atoms with Crippen LogP contribution in [0.2, 0.25) is 0 Å². The Morgan fingerprint density at radius 2 is 1.87 bits per heavy atom. The molecule has 0 aromatic rings. The summed E-state index contributed by atoms with van der Waals surface area (Å²) in [5.41, 5.74) is -0.0442. The van der Waals surface area contributed by atoms with Crippen LogP contribution in [-0.2, 0) is 19.0 Å². The molecule has 2 saturated carbocycles. The Morgan fingerprint density at radius 3 is 2.52 bits per heavy atom. The fourth-order valence-corrected chi connectivity index (χ4v) is 5.77. The van der Waals surface area contributed by atoms with Gasteiger partial charge in [-0.3, -0.25) is 4.79 Å². The quantitative estimate of drug-likeness (QED) is 0.738. The van der Waals surface area contributed by atoms with Crippen LogP contribution in [0.4, 0.5) is 0 Å². The lowest BCUT2D eigenvalue weighted by atomic mass is 9.45. The van der Waals surface area contributed by atoms with Gasteiger partial charge in [0.15, 0.2) is 5.79 Å². The van der Waals surface area contributed by atoms with E-state index in [0.29, 0.717) is 38.1 Å². The van der Waals surface area contributed by atoms with Crippen molar-refractivity contribution in [2.45, 2.75) is 72.0 Å². The van der Waals surface area contributed by atoms with Gasteiger partial charge in [0.05, 0.1) is 26.2 Å². The minimum Gasteiger partial charge on any atom is -0.466 e. The molecule has 23 heavy (non-hydrogen) atoms. The van der Waals surface area contributed by atoms with E-state index in [0.717, 1.165) is 32.1 Å². The fourth-order valence-electron chi connectivity index (χ4n) is 5.77. The highest BCUT2D eigenvalue weighted by molar-refractivity contribution is 5.70. The summed E-state index contributed by atoms with van der Waals surface area (Å²) in [7, 11) is 0. The van der Waals surface area contributed by atoms with E-state index in [1.165, 1.54) is 0 Å². The molecule has 3 aliphatic rings. The van der Waals surface area contributed by atoms with Crippen molar-refractivity contribution in [2.75, 3.05) is 19.8 Å². The maximum atomic E-state index is 12.3. The second-order valence-electron chi connectivity index (χ2n) is 8.24. The largest absolute Gasteiger partial charge is 0.466 e. The zero-order valence-corrected chi connectivity index (χ0v) is 15.2. The second-order valence-corrected chi connectivity index (χ2v) is 8.24. The van der Waals surface area contributed by atoms with Gasteiger partial charge in [0.25, 0.3) is 0 Å². The van der Waals surface area contributed by atoms with Crippen LogP contribution in [0.5, 0.6) is 0 Å². The van der Waals surface area contributed by atoms with E-state index in [2.05, 4.69) is 20.8 Å². The zero-order chi connectivity index (χ0) is 16.7. The summed E-state index contributed by atoms with van der Waals surface area (Å²) in [6.07, 6.45) is 6.02. The van der Waals surface area contributed by atoms with Crippen LogP contribution in [0.25, 0.3) is 0 Å². The van der Waals surface area contributed by atoms with Gasteiger partial charge in [-0.1, -0.05) is 20.8 Å². The average Bonchev–Trinajstić information content (AvgIpc) is 2.97. The Morgan fingerprint density at radius 1 is 1.17 bits per heavy atom. The van der Waals surface area contributed by atoms with E-state index in [9.17, 15) is 4.79 Å². The van der Waals surface area contributed by atoms with Crippen molar-refractivity contribution in [1.29, 1.82) is 0 Å². The van der Waals surface area contributed by atoms with Crippen molar-refractivity contribution in [3.63, 3.8) is 0 Å². The van der Waals surface area contributed by atoms with Crippen molar-refractivity contribution in [3.05, 3.63) is 0 Å². The smallest absolute Gasteiger partial charge is 0.306 e. The van der Waals surface area contributed by atoms with Crippen LogP contribution in [0.3, 0.4) is 0 Å². The molecule has 0 amide bonds. The van der Waals surface area contributed by atoms with Gasteiger partial charge in [0.2, 0.25) is 0 Å². The van der Waals surface area contributed by atoms with Crippen LogP contribution in [0.1, 0.15) is 66.2 Å². The van der Waals surface area contributed by atoms with Gasteiger partial charge in [-0.05, 0) is 49.9 Å². The van der Waals surface area contributed by atoms with Crippen LogP contribution < -0.4 is 0 Å². The Hall–Kier alpha value is -0.610. The fraction of sp³-hybridized carbons (Fsp3) is 0.947. The molecule has 4 nitrogen and oxygen atoms in total. The molecular formula is C19H32O4. The molecule has 1 aliphatic heterocycles. The lowest BCUT2D eigenvalue weighted by molar-refractivity contribution is -0.297. The number of ether oxygens (including phenoxy) is 3. The maximum Gasteiger partial charge on any atom is 0.306 e. The Balaban J connectivity index is 1.92. The van der Waals surface area contributed by atoms with E-state index in [-0.39, 0.29) is 16.8 Å². The summed E-state index contributed by atoms with van der Waals surface area (Å²) in [4.78, 5) is 12.3. The average molecular weight is 324 g/mol. The SMILES string of the molecule is CCOC(=O)C[C@]1(C)[C@H]2CCCC3(OCCO3)[C@]2(C)CC[C@@H]1C. The molecule has 3 fully saturated rings. The van der Waals surface area contributed by atoms with Gasteiger partial charge in [-0.2, -0.15) is 0 Å². The van der Waals surface area contributed by atoms with Gasteiger partial charge >= 0.3 is 5.97 Å². The first-order chi connectivity index (χ1) is 10.9. The third kappa shape index (κ3) is 2.53. The molecule has 0 radical (unpaired) electrons. The molecule has 132 valence electrons. The predicted octanol–water partition coefficient (Wildman–Crippen LogP) is 3.93. The summed E-state index contributed by atoms with van der Waals surface area (Å²) in [6, 6.07) is 0. The summed E-state index contributed by atoms with van der Waals surface area (Å²) < 4.78 is 17.7. The third-order valence-corrected chi connectivity index (χ3v) is 7.24. The molecular weight excluding hydrogens is 292 g/mol. The summed E-state index contributed by atoms with van der Waals surface area (Å²) in [5.74, 6) is 0.474. The molecule has 1 spiro atoms. The van der Waals surface area contributed by atoms with Crippen molar-refractivity contribution < 1.29 is 19.0 Å². The van der Waals surface area contributed by atoms with Crippen molar-refractivity contribution in [2.24, 2.45) is 22.7 Å². The Kier molecular flexibility index (Phi) is 4.52. The molecule has 0 aromatic heterocycles. The number of hydrogen-bond acceptors (Lipinski definition) is 4. The number of hydrogen-bond donors (Lipinski definition) is 0. The van der Waals surface area contributed by atoms with Crippen molar-refractivity contribution in [1.82, 2.24) is 0 Å². The van der Waals surface area contributed by atoms with Gasteiger partial charge < -0.3 is 14.2 Å². The van der Waals surface area contributed by atoms with E-state index >= 15 is 0 Å². The van der Waals surface area contributed by atoms with Crippen LogP contribution >= 0.6 is 0 Å². The molecule has 1 heterocycles. The predicted molar refractivity (Wildman–Crippen MR) is 87.8 cm³/mol. The molecule has 0 N–H and O–H groups in total. The molecule has 1 saturated heterocycles. The first kappa shape index (κ1) is 17.2. The maximum absolute atomic E-state index is 12.3. The summed E-state index contributed by atoms with van der Waals surface area (Å²) in [5, 5.41) is 0. The molecule has 0 bridgehead atoms. The highest BCUT2D eigenvalue weighted by Crippen LogP contribution is 2.65. The van der Waals surface area contributed by atoms with Crippen molar-refractivity contribution in [3.8, 4) is 0 Å². The molecule has 3 rings (SSSR count). The van der Waals surface area contributed by atoms with Gasteiger partial charge in [0, 0.05) is 11.8 Å². The van der Waals surface area contributed by atoms with Crippen molar-refractivity contribution >= 4 is 5.97 Å². The number of carbonyl (C=O) groups is 1. The number of esters is 1. The van der Waals surface area contributed by atoms with Gasteiger partial charge in [-0.25, -0.2) is 0 Å². The molecule has 4 atom stereocenters. The van der Waals surface area contributed by atoms with Gasteiger partial charge in [-0.15, -0.1) is 0 Å². The molecule has 2 aliphatic carbocycles. The second kappa shape index (κ2) is 6.03. The number of fused-ring (bicyclic) bond motifs is 2. The molecule has 0 unspecified atom stereocenters. The number of rotatable bonds is 3. The minimum atomic E-state index is -0.425.